The SMILES string of the molecule is CCCCCCCCCCCCCCCCCCC(O)C(CO)NC(=O)CCCCCCCCC/C=C\CCCCCCOC(=O)CCCCCCCCCCCCC. The molecular weight excluding hydrogens is 731 g/mol. The molecule has 0 saturated carbocycles. The van der Waals surface area contributed by atoms with Crippen LogP contribution in [0, 0.1) is 0 Å². The van der Waals surface area contributed by atoms with Gasteiger partial charge in [0.25, 0.3) is 0 Å². The molecule has 3 N–H and O–H groups in total. The van der Waals surface area contributed by atoms with Crippen LogP contribution >= 0.6 is 0 Å². The number of rotatable bonds is 49. The van der Waals surface area contributed by atoms with Crippen molar-refractivity contribution in [2.45, 2.75) is 302 Å². The normalized spacial score (nSPS) is 12.7. The predicted octanol–water partition coefficient (Wildman–Crippen LogP) is 15.7. The van der Waals surface area contributed by atoms with Crippen LogP contribution in [0.5, 0.6) is 0 Å². The maximum absolute atomic E-state index is 12.5. The van der Waals surface area contributed by atoms with Crippen LogP contribution < -0.4 is 5.32 Å². The number of esters is 1. The van der Waals surface area contributed by atoms with Crippen LogP contribution in [-0.4, -0.2) is 47.4 Å². The average Bonchev–Trinajstić information content (AvgIpc) is 3.24. The number of unbranched alkanes of at least 4 members (excludes halogenated alkanes) is 36. The molecule has 59 heavy (non-hydrogen) atoms. The van der Waals surface area contributed by atoms with Crippen molar-refractivity contribution in [1.29, 1.82) is 0 Å². The molecule has 6 nitrogen and oxygen atoms in total. The number of hydrogen-bond acceptors (Lipinski definition) is 5. The Labute approximate surface area is 368 Å². The number of allylic oxidation sites excluding steroid dienone is 2. The third-order valence-corrected chi connectivity index (χ3v) is 12.3. The first-order valence-corrected chi connectivity index (χ1v) is 26.4. The number of aliphatic hydroxyl groups excluding tert-OH is 2. The average molecular weight is 834 g/mol. The van der Waals surface area contributed by atoms with Crippen molar-refractivity contribution >= 4 is 11.9 Å². The molecule has 0 aromatic heterocycles. The summed E-state index contributed by atoms with van der Waals surface area (Å²) in [5.41, 5.74) is 0. The van der Waals surface area contributed by atoms with Crippen LogP contribution in [0.25, 0.3) is 0 Å². The summed E-state index contributed by atoms with van der Waals surface area (Å²) in [5.74, 6) is -0.0586. The van der Waals surface area contributed by atoms with Crippen LogP contribution in [0.3, 0.4) is 0 Å². The Bertz CT molecular complexity index is 878. The molecule has 0 heterocycles. The van der Waals surface area contributed by atoms with Gasteiger partial charge in [0.2, 0.25) is 5.91 Å². The zero-order chi connectivity index (χ0) is 43.0. The number of ether oxygens (including phenoxy) is 1. The molecule has 0 radical (unpaired) electrons. The van der Waals surface area contributed by atoms with Gasteiger partial charge in [-0.3, -0.25) is 9.59 Å². The van der Waals surface area contributed by atoms with Crippen molar-refractivity contribution in [3.05, 3.63) is 12.2 Å². The Balaban J connectivity index is 3.48. The van der Waals surface area contributed by atoms with Gasteiger partial charge in [-0.15, -0.1) is 0 Å². The number of carbonyl (C=O) groups is 2. The number of nitrogens with one attached hydrogen (secondary N) is 1. The zero-order valence-corrected chi connectivity index (χ0v) is 39.7. The highest BCUT2D eigenvalue weighted by Crippen LogP contribution is 2.17. The third-order valence-electron chi connectivity index (χ3n) is 12.3. The van der Waals surface area contributed by atoms with Gasteiger partial charge in [0.05, 0.1) is 25.4 Å². The summed E-state index contributed by atoms with van der Waals surface area (Å²) >= 11 is 0. The quantitative estimate of drug-likeness (QED) is 0.0322. The molecule has 6 heteroatoms. The minimum absolute atomic E-state index is 0.0101. The van der Waals surface area contributed by atoms with E-state index in [1.54, 1.807) is 0 Å². The number of hydrogen-bond donors (Lipinski definition) is 3. The van der Waals surface area contributed by atoms with Crippen molar-refractivity contribution < 1.29 is 24.5 Å². The topological polar surface area (TPSA) is 95.9 Å². The number of carbonyl (C=O) groups excluding carboxylic acids is 2. The third kappa shape index (κ3) is 45.9. The highest BCUT2D eigenvalue weighted by atomic mass is 16.5. The summed E-state index contributed by atoms with van der Waals surface area (Å²) in [4.78, 5) is 24.4. The van der Waals surface area contributed by atoms with E-state index in [0.717, 1.165) is 70.6 Å². The van der Waals surface area contributed by atoms with Gasteiger partial charge in [-0.25, -0.2) is 0 Å². The summed E-state index contributed by atoms with van der Waals surface area (Å²) in [5, 5.41) is 23.2. The summed E-state index contributed by atoms with van der Waals surface area (Å²) < 4.78 is 5.44. The molecule has 2 unspecified atom stereocenters. The lowest BCUT2D eigenvalue weighted by Crippen LogP contribution is -2.45. The Kier molecular flexibility index (Phi) is 48.1. The lowest BCUT2D eigenvalue weighted by atomic mass is 10.0. The molecule has 350 valence electrons. The van der Waals surface area contributed by atoms with Gasteiger partial charge < -0.3 is 20.3 Å². The van der Waals surface area contributed by atoms with Gasteiger partial charge in [-0.05, 0) is 51.4 Å². The highest BCUT2D eigenvalue weighted by molar-refractivity contribution is 5.76. The van der Waals surface area contributed by atoms with Crippen molar-refractivity contribution in [2.75, 3.05) is 13.2 Å². The molecule has 0 saturated heterocycles. The van der Waals surface area contributed by atoms with Crippen molar-refractivity contribution in [3.8, 4) is 0 Å². The smallest absolute Gasteiger partial charge is 0.305 e. The number of aliphatic hydroxyl groups is 2. The molecule has 0 aliphatic rings. The first kappa shape index (κ1) is 57.6. The van der Waals surface area contributed by atoms with Gasteiger partial charge in [0.1, 0.15) is 0 Å². The van der Waals surface area contributed by atoms with E-state index in [1.807, 2.05) is 0 Å². The molecule has 0 aromatic rings. The minimum Gasteiger partial charge on any atom is -0.466 e. The molecular formula is C53H103NO5. The van der Waals surface area contributed by atoms with Crippen LogP contribution in [0.15, 0.2) is 12.2 Å². The highest BCUT2D eigenvalue weighted by Gasteiger charge is 2.20. The Morgan fingerprint density at radius 1 is 0.458 bits per heavy atom. The van der Waals surface area contributed by atoms with Crippen LogP contribution in [0.4, 0.5) is 0 Å². The van der Waals surface area contributed by atoms with E-state index < -0.39 is 12.1 Å². The van der Waals surface area contributed by atoms with Crippen LogP contribution in [0.1, 0.15) is 290 Å². The fraction of sp³-hybridized carbons (Fsp3) is 0.925. The van der Waals surface area contributed by atoms with E-state index >= 15 is 0 Å². The van der Waals surface area contributed by atoms with Gasteiger partial charge in [0, 0.05) is 12.8 Å². The fourth-order valence-electron chi connectivity index (χ4n) is 8.22. The molecule has 0 aromatic carbocycles. The molecule has 1 amide bonds. The van der Waals surface area contributed by atoms with E-state index in [-0.39, 0.29) is 18.5 Å². The van der Waals surface area contributed by atoms with Crippen molar-refractivity contribution in [1.82, 2.24) is 5.32 Å². The second kappa shape index (κ2) is 49.3. The molecule has 0 fully saturated rings. The predicted molar refractivity (Wildman–Crippen MR) is 255 cm³/mol. The standard InChI is InChI=1S/C53H103NO5/c1-3-5-7-9-11-13-15-16-17-19-22-26-29-33-37-41-45-51(56)50(49-55)54-52(57)46-42-38-34-30-27-23-20-18-21-24-28-32-36-40-44-48-59-53(58)47-43-39-35-31-25-14-12-10-8-6-4-2/h21,24,50-51,55-56H,3-20,22-23,25-49H2,1-2H3,(H,54,57)/b24-21-. The summed E-state index contributed by atoms with van der Waals surface area (Å²) in [6.45, 7) is 4.92. The van der Waals surface area contributed by atoms with E-state index in [0.29, 0.717) is 25.9 Å². The Morgan fingerprint density at radius 2 is 0.797 bits per heavy atom. The van der Waals surface area contributed by atoms with Gasteiger partial charge in [0.15, 0.2) is 0 Å². The first-order valence-electron chi connectivity index (χ1n) is 26.4. The maximum Gasteiger partial charge on any atom is 0.305 e. The van der Waals surface area contributed by atoms with Gasteiger partial charge in [-0.1, -0.05) is 238 Å². The fourth-order valence-corrected chi connectivity index (χ4v) is 8.22. The second-order valence-electron chi connectivity index (χ2n) is 18.2. The van der Waals surface area contributed by atoms with E-state index in [9.17, 15) is 19.8 Å². The Hall–Kier alpha value is -1.40. The van der Waals surface area contributed by atoms with Gasteiger partial charge in [-0.2, -0.15) is 0 Å². The van der Waals surface area contributed by atoms with E-state index in [2.05, 4.69) is 31.3 Å². The number of amides is 1. The lowest BCUT2D eigenvalue weighted by Gasteiger charge is -2.22. The lowest BCUT2D eigenvalue weighted by molar-refractivity contribution is -0.143. The molecule has 0 spiro atoms. The van der Waals surface area contributed by atoms with E-state index in [4.69, 9.17) is 4.74 Å². The van der Waals surface area contributed by atoms with Crippen molar-refractivity contribution in [3.63, 3.8) is 0 Å². The maximum atomic E-state index is 12.5. The zero-order valence-electron chi connectivity index (χ0n) is 39.7. The molecule has 0 aliphatic carbocycles. The second-order valence-corrected chi connectivity index (χ2v) is 18.2. The summed E-state index contributed by atoms with van der Waals surface area (Å²) in [6, 6.07) is -0.551. The largest absolute Gasteiger partial charge is 0.466 e. The van der Waals surface area contributed by atoms with E-state index in [1.165, 1.54) is 186 Å². The monoisotopic (exact) mass is 834 g/mol. The van der Waals surface area contributed by atoms with Gasteiger partial charge >= 0.3 is 5.97 Å². The molecule has 0 bridgehead atoms. The minimum atomic E-state index is -0.673. The van der Waals surface area contributed by atoms with Crippen LogP contribution in [-0.2, 0) is 14.3 Å². The molecule has 2 atom stereocenters. The Morgan fingerprint density at radius 3 is 1.20 bits per heavy atom. The first-order chi connectivity index (χ1) is 29.0. The molecule has 0 rings (SSSR count). The molecule has 0 aliphatic heterocycles. The van der Waals surface area contributed by atoms with Crippen molar-refractivity contribution in [2.24, 2.45) is 0 Å². The summed E-state index contributed by atoms with van der Waals surface area (Å²) in [6.07, 6.45) is 56.1. The van der Waals surface area contributed by atoms with Crippen LogP contribution in [0.2, 0.25) is 0 Å². The summed E-state index contributed by atoms with van der Waals surface area (Å²) in [7, 11) is 0.